The normalized spacial score (nSPS) is 17.7. The molecule has 1 saturated heterocycles. The molecule has 2 aliphatic rings. The SMILES string of the molecule is C=C1NCC(=O)N[C@@H]([C@@H](O)c2ccccc2)c2nc(cs2)-c2nc(cs2)-c2nc(-c3nc(NC(=O)OCCN4CCOCC4)cs3)ccc2-c2nc(cs2)C(=O)N[C@@H](CC(=O)NC)c2nc(c(C)s2)C(=O)C[C@H](C(C)C)c2nc1c(COC)s2. The number of morpholine rings is 1. The summed E-state index contributed by atoms with van der Waals surface area (Å²) in [5.41, 5.74) is 4.02. The number of fused-ring (bicyclic) bond motifs is 14. The van der Waals surface area contributed by atoms with Crippen LogP contribution in [0.15, 0.2) is 70.6 Å². The van der Waals surface area contributed by atoms with Gasteiger partial charge >= 0.3 is 6.09 Å². The van der Waals surface area contributed by atoms with E-state index in [1.54, 1.807) is 55.1 Å². The van der Waals surface area contributed by atoms with Gasteiger partial charge in [-0.25, -0.2) is 39.7 Å². The van der Waals surface area contributed by atoms with Gasteiger partial charge in [-0.2, -0.15) is 0 Å². The van der Waals surface area contributed by atoms with Crippen molar-refractivity contribution >= 4 is 109 Å². The molecule has 6 N–H and O–H groups in total. The Morgan fingerprint density at radius 1 is 0.810 bits per heavy atom. The number of aliphatic hydroxyl groups is 1. The Hall–Kier alpha value is -7.12. The molecule has 438 valence electrons. The molecule has 0 aliphatic carbocycles. The van der Waals surface area contributed by atoms with Crippen LogP contribution >= 0.6 is 68.0 Å². The van der Waals surface area contributed by atoms with E-state index in [0.29, 0.717) is 100.0 Å². The van der Waals surface area contributed by atoms with Crippen molar-refractivity contribution in [3.8, 4) is 43.4 Å². The highest BCUT2D eigenvalue weighted by Gasteiger charge is 2.33. The van der Waals surface area contributed by atoms with Crippen molar-refractivity contribution in [2.75, 3.05) is 65.5 Å². The van der Waals surface area contributed by atoms with Crippen LogP contribution in [0, 0.1) is 12.8 Å². The summed E-state index contributed by atoms with van der Waals surface area (Å²) in [5.74, 6) is -1.75. The zero-order valence-corrected chi connectivity index (χ0v) is 51.2. The molecule has 0 radical (unpaired) electrons. The molecule has 8 aromatic rings. The Morgan fingerprint density at radius 2 is 1.54 bits per heavy atom. The van der Waals surface area contributed by atoms with Gasteiger partial charge in [-0.3, -0.25) is 29.4 Å². The first-order valence-corrected chi connectivity index (χ1v) is 31.8. The lowest BCUT2D eigenvalue weighted by Crippen LogP contribution is -2.38. The van der Waals surface area contributed by atoms with Crippen molar-refractivity contribution in [3.05, 3.63) is 118 Å². The molecule has 0 spiro atoms. The predicted molar refractivity (Wildman–Crippen MR) is 325 cm³/mol. The lowest BCUT2D eigenvalue weighted by Gasteiger charge is -2.26. The van der Waals surface area contributed by atoms with Crippen molar-refractivity contribution in [2.45, 2.75) is 64.3 Å². The minimum atomic E-state index is -1.20. The summed E-state index contributed by atoms with van der Waals surface area (Å²) < 4.78 is 16.5. The average Bonchev–Trinajstić information content (AvgIpc) is 4.38. The Labute approximate surface area is 507 Å². The van der Waals surface area contributed by atoms with Gasteiger partial charge in [0.1, 0.15) is 83.8 Å². The van der Waals surface area contributed by atoms with Crippen LogP contribution in [0.1, 0.15) is 108 Å². The number of nitrogens with one attached hydrogen (secondary N) is 5. The summed E-state index contributed by atoms with van der Waals surface area (Å²) >= 11 is 7.65. The number of benzene rings is 1. The van der Waals surface area contributed by atoms with Crippen molar-refractivity contribution < 1.29 is 43.3 Å². The Morgan fingerprint density at radius 3 is 2.31 bits per heavy atom. The number of rotatable bonds is 12. The van der Waals surface area contributed by atoms with Crippen LogP contribution in [-0.2, 0) is 30.4 Å². The first-order chi connectivity index (χ1) is 40.6. The fourth-order valence-corrected chi connectivity index (χ4v) is 14.8. The molecule has 10 bridgehead atoms. The summed E-state index contributed by atoms with van der Waals surface area (Å²) in [6.45, 7) is 13.6. The number of carbonyl (C=O) groups excluding carboxylic acids is 5. The lowest BCUT2D eigenvalue weighted by molar-refractivity contribution is -0.122. The van der Waals surface area contributed by atoms with E-state index in [0.717, 1.165) is 18.0 Å². The third kappa shape index (κ3) is 14.2. The smallest absolute Gasteiger partial charge is 0.412 e. The van der Waals surface area contributed by atoms with E-state index in [2.05, 4.69) is 43.0 Å². The van der Waals surface area contributed by atoms with Gasteiger partial charge in [0, 0.05) is 78.1 Å². The first kappa shape index (κ1) is 60.0. The summed E-state index contributed by atoms with van der Waals surface area (Å²) in [6, 6.07) is 10.7. The number of carbonyl (C=O) groups is 5. The van der Waals surface area contributed by atoms with Crippen LogP contribution in [-0.4, -0.2) is 135 Å². The van der Waals surface area contributed by atoms with Gasteiger partial charge in [0.25, 0.3) is 5.91 Å². The van der Waals surface area contributed by atoms with Gasteiger partial charge in [0.05, 0.1) is 60.1 Å². The van der Waals surface area contributed by atoms with E-state index in [1.165, 1.54) is 75.1 Å². The molecule has 10 rings (SSSR count). The summed E-state index contributed by atoms with van der Waals surface area (Å²) in [5, 5.41) is 36.3. The third-order valence-corrected chi connectivity index (χ3v) is 19.5. The summed E-state index contributed by atoms with van der Waals surface area (Å²) in [7, 11) is 3.07. The van der Waals surface area contributed by atoms with Gasteiger partial charge in [0.15, 0.2) is 5.78 Å². The first-order valence-electron chi connectivity index (χ1n) is 26.7. The number of methoxy groups -OCH3 is 1. The molecule has 0 unspecified atom stereocenters. The van der Waals surface area contributed by atoms with Gasteiger partial charge in [-0.15, -0.1) is 68.0 Å². The topological polar surface area (TPSA) is 287 Å². The number of pyridine rings is 1. The van der Waals surface area contributed by atoms with E-state index >= 15 is 0 Å². The number of ketones is 1. The van der Waals surface area contributed by atoms with Crippen LogP contribution in [0.25, 0.3) is 49.1 Å². The quantitative estimate of drug-likeness (QED) is 0.0665. The van der Waals surface area contributed by atoms with Gasteiger partial charge in [0.2, 0.25) is 11.8 Å². The Kier molecular flexibility index (Phi) is 19.5. The zero-order chi connectivity index (χ0) is 59.0. The number of amides is 4. The number of hydrogen-bond acceptors (Lipinski definition) is 24. The number of nitrogens with zero attached hydrogens (tertiary/aromatic N) is 8. The zero-order valence-electron chi connectivity index (χ0n) is 46.3. The molecular weight excluding hydrogens is 1190 g/mol. The van der Waals surface area contributed by atoms with Crippen LogP contribution in [0.3, 0.4) is 0 Å². The second-order valence-electron chi connectivity index (χ2n) is 19.8. The van der Waals surface area contributed by atoms with Crippen LogP contribution in [0.4, 0.5) is 10.6 Å². The van der Waals surface area contributed by atoms with Crippen LogP contribution < -0.4 is 26.6 Å². The molecule has 4 amide bonds. The van der Waals surface area contributed by atoms with Crippen molar-refractivity contribution in [1.82, 2.24) is 61.1 Å². The number of aryl methyl sites for hydroxylation is 1. The molecule has 0 saturated carbocycles. The summed E-state index contributed by atoms with van der Waals surface area (Å²) in [6.07, 6.45) is -1.96. The molecule has 2 aliphatic heterocycles. The number of aliphatic hydroxyl groups excluding tert-OH is 1. The third-order valence-electron chi connectivity index (χ3n) is 13.7. The second kappa shape index (κ2) is 27.3. The molecule has 7 aromatic heterocycles. The second-order valence-corrected chi connectivity index (χ2v) is 25.6. The molecular formula is C56H59N13O9S6. The highest BCUT2D eigenvalue weighted by atomic mass is 32.1. The number of anilines is 1. The number of thiazole rings is 6. The van der Waals surface area contributed by atoms with E-state index in [9.17, 15) is 29.1 Å². The van der Waals surface area contributed by atoms with Crippen molar-refractivity contribution in [3.63, 3.8) is 0 Å². The predicted octanol–water partition coefficient (Wildman–Crippen LogP) is 8.91. The Balaban J connectivity index is 1.01. The fraction of sp³-hybridized carbons (Fsp3) is 0.357. The molecule has 84 heavy (non-hydrogen) atoms. The number of hydrogen-bond donors (Lipinski definition) is 6. The molecule has 22 nitrogen and oxygen atoms in total. The van der Waals surface area contributed by atoms with E-state index < -0.39 is 36.1 Å². The minimum absolute atomic E-state index is 0.0488. The maximum Gasteiger partial charge on any atom is 0.412 e. The number of aromatic nitrogens is 7. The minimum Gasteiger partial charge on any atom is -0.448 e. The average molecular weight is 1250 g/mol. The van der Waals surface area contributed by atoms with E-state index in [4.69, 9.17) is 44.1 Å². The standard InChI is InChI=1S/C56H59N13O9S6/c1-28(2)33-20-39(70)45-30(4)83-54(68-45)35(21-42(71)57-5)60-49(74)37-25-79-50(62-37)32-12-13-34(52-64-41(27-82-52)65-56(75)78-19-16-69-14-17-77-18-15-69)59-46(32)36-24-80-53(61-36)38-26-81-55(63-38)47(48(73)31-10-8-7-9-11-31)66-43(72)22-58-29(3)44-40(23-76-6)84-51(33)67-44/h7-13,24-28,33,35,47-48,58,73H,3,14-23H2,1-2,4-6H3,(H,57,71)(H,60,74)(H,65,75)(H,66,72)/t33-,35+,47+,48+/m1/s1. The van der Waals surface area contributed by atoms with Crippen molar-refractivity contribution in [2.24, 2.45) is 5.92 Å². The molecule has 1 fully saturated rings. The molecule has 9 heterocycles. The van der Waals surface area contributed by atoms with E-state index in [1.807, 2.05) is 36.7 Å². The highest BCUT2D eigenvalue weighted by Crippen LogP contribution is 2.41. The van der Waals surface area contributed by atoms with Gasteiger partial charge in [-0.1, -0.05) is 50.8 Å². The van der Waals surface area contributed by atoms with Crippen LogP contribution in [0.5, 0.6) is 0 Å². The Bertz CT molecular complexity index is 3680. The maximum atomic E-state index is 14.4. The molecule has 4 atom stereocenters. The largest absolute Gasteiger partial charge is 0.448 e. The lowest BCUT2D eigenvalue weighted by atomic mass is 9.90. The van der Waals surface area contributed by atoms with Crippen molar-refractivity contribution in [1.29, 1.82) is 0 Å². The fourth-order valence-electron chi connectivity index (χ4n) is 9.21. The number of ether oxygens (including phenoxy) is 3. The van der Waals surface area contributed by atoms with Crippen LogP contribution in [0.2, 0.25) is 0 Å². The highest BCUT2D eigenvalue weighted by molar-refractivity contribution is 7.15. The van der Waals surface area contributed by atoms with Gasteiger partial charge < -0.3 is 40.6 Å². The summed E-state index contributed by atoms with van der Waals surface area (Å²) in [4.78, 5) is 107. The maximum absolute atomic E-state index is 14.4. The van der Waals surface area contributed by atoms with Gasteiger partial charge in [-0.05, 0) is 30.5 Å². The molecule has 1 aromatic carbocycles. The monoisotopic (exact) mass is 1250 g/mol. The molecule has 28 heteroatoms. The number of Topliss-reactive ketones (excluding diaryl/α,β-unsaturated/α-hetero) is 1. The van der Waals surface area contributed by atoms with E-state index in [-0.39, 0.29) is 73.3 Å².